The second kappa shape index (κ2) is 5.03. The average molecular weight is 265 g/mol. The molecule has 1 aliphatic heterocycles. The summed E-state index contributed by atoms with van der Waals surface area (Å²) < 4.78 is 12.5. The van der Waals surface area contributed by atoms with Gasteiger partial charge in [0.25, 0.3) is 5.56 Å². The van der Waals surface area contributed by atoms with Crippen molar-refractivity contribution in [2.75, 3.05) is 18.4 Å². The Morgan fingerprint density at radius 1 is 1.62 bits per heavy atom. The van der Waals surface area contributed by atoms with Crippen molar-refractivity contribution in [3.8, 4) is 6.01 Å². The summed E-state index contributed by atoms with van der Waals surface area (Å²) in [6.45, 7) is 0.306. The molecule has 0 saturated heterocycles. The van der Waals surface area contributed by atoms with Crippen LogP contribution in [-0.2, 0) is 4.74 Å². The minimum atomic E-state index is -0.335. The maximum atomic E-state index is 11.0. The van der Waals surface area contributed by atoms with E-state index in [0.717, 1.165) is 0 Å². The lowest BCUT2D eigenvalue weighted by atomic mass is 10.4. The van der Waals surface area contributed by atoms with Gasteiger partial charge in [-0.3, -0.25) is 9.36 Å². The van der Waals surface area contributed by atoms with Gasteiger partial charge in [-0.05, 0) is 0 Å². The summed E-state index contributed by atoms with van der Waals surface area (Å²) in [5.41, 5.74) is -0.335. The van der Waals surface area contributed by atoms with Crippen LogP contribution in [0.4, 0.5) is 0 Å². The Hall–Kier alpha value is -0.780. The van der Waals surface area contributed by atoms with Crippen molar-refractivity contribution in [3.05, 3.63) is 22.6 Å². The van der Waals surface area contributed by atoms with E-state index in [9.17, 15) is 4.79 Å². The van der Waals surface area contributed by atoms with Crippen LogP contribution in [-0.4, -0.2) is 34.0 Å². The SMILES string of the molecule is O=c1ccn2c(n1)OC[C@H]2OC(CCl)CCl. The van der Waals surface area contributed by atoms with Crippen molar-refractivity contribution < 1.29 is 9.47 Å². The highest BCUT2D eigenvalue weighted by atomic mass is 35.5. The minimum Gasteiger partial charge on any atom is -0.460 e. The van der Waals surface area contributed by atoms with E-state index in [0.29, 0.717) is 18.4 Å². The van der Waals surface area contributed by atoms with Gasteiger partial charge in [-0.2, -0.15) is 4.98 Å². The highest BCUT2D eigenvalue weighted by Crippen LogP contribution is 2.24. The third-order valence-corrected chi connectivity index (χ3v) is 2.85. The Labute approximate surface area is 102 Å². The Balaban J connectivity index is 2.14. The summed E-state index contributed by atoms with van der Waals surface area (Å²) in [6.07, 6.45) is 1.01. The van der Waals surface area contributed by atoms with E-state index in [1.807, 2.05) is 0 Å². The summed E-state index contributed by atoms with van der Waals surface area (Å²) in [5, 5.41) is 0. The van der Waals surface area contributed by atoms with E-state index in [4.69, 9.17) is 32.7 Å². The molecule has 1 aromatic heterocycles. The molecule has 0 N–H and O–H groups in total. The Bertz CT molecular complexity index is 419. The van der Waals surface area contributed by atoms with Crippen molar-refractivity contribution in [1.82, 2.24) is 9.55 Å². The number of aromatic nitrogens is 2. The van der Waals surface area contributed by atoms with Crippen molar-refractivity contribution in [1.29, 1.82) is 0 Å². The molecule has 1 aliphatic rings. The fourth-order valence-electron chi connectivity index (χ4n) is 1.39. The molecule has 1 atom stereocenters. The fourth-order valence-corrected chi connectivity index (χ4v) is 1.87. The zero-order valence-electron chi connectivity index (χ0n) is 8.31. The van der Waals surface area contributed by atoms with E-state index in [2.05, 4.69) is 4.98 Å². The normalized spacial score (nSPS) is 18.6. The van der Waals surface area contributed by atoms with Crippen molar-refractivity contribution in [2.45, 2.75) is 12.3 Å². The Kier molecular flexibility index (Phi) is 3.68. The quantitative estimate of drug-likeness (QED) is 0.762. The summed E-state index contributed by atoms with van der Waals surface area (Å²) in [7, 11) is 0. The van der Waals surface area contributed by atoms with Crippen LogP contribution in [0.25, 0.3) is 0 Å². The van der Waals surface area contributed by atoms with Crippen LogP contribution >= 0.6 is 23.2 Å². The summed E-state index contributed by atoms with van der Waals surface area (Å²) >= 11 is 11.3. The van der Waals surface area contributed by atoms with E-state index < -0.39 is 0 Å². The second-order valence-corrected chi connectivity index (χ2v) is 3.91. The van der Waals surface area contributed by atoms with Gasteiger partial charge >= 0.3 is 6.01 Å². The number of halogens is 2. The van der Waals surface area contributed by atoms with Crippen molar-refractivity contribution in [3.63, 3.8) is 0 Å². The summed E-state index contributed by atoms with van der Waals surface area (Å²) in [4.78, 5) is 14.7. The number of hydrogen-bond donors (Lipinski definition) is 0. The number of hydrogen-bond acceptors (Lipinski definition) is 4. The molecule has 0 aliphatic carbocycles. The minimum absolute atomic E-state index is 0.248. The third kappa shape index (κ3) is 2.31. The van der Waals surface area contributed by atoms with Gasteiger partial charge in [-0.25, -0.2) is 0 Å². The largest absolute Gasteiger partial charge is 0.460 e. The molecular weight excluding hydrogens is 255 g/mol. The first-order valence-electron chi connectivity index (χ1n) is 4.74. The smallest absolute Gasteiger partial charge is 0.302 e. The molecule has 16 heavy (non-hydrogen) atoms. The molecule has 7 heteroatoms. The zero-order chi connectivity index (χ0) is 11.5. The first-order chi connectivity index (χ1) is 7.74. The predicted molar refractivity (Wildman–Crippen MR) is 59.3 cm³/mol. The standard InChI is InChI=1S/C9H10Cl2N2O3/c10-3-6(4-11)16-8-5-15-9-12-7(14)1-2-13(8)9/h1-2,6,8H,3-5H2/t8-/m1/s1. The molecule has 0 bridgehead atoms. The molecule has 0 saturated carbocycles. The molecular formula is C9H10Cl2N2O3. The monoisotopic (exact) mass is 264 g/mol. The van der Waals surface area contributed by atoms with Gasteiger partial charge in [0.05, 0.1) is 6.10 Å². The molecule has 0 amide bonds. The number of ether oxygens (including phenoxy) is 2. The molecule has 2 rings (SSSR count). The van der Waals surface area contributed by atoms with Gasteiger partial charge in [0, 0.05) is 24.0 Å². The number of fused-ring (bicyclic) bond motifs is 1. The van der Waals surface area contributed by atoms with Crippen LogP contribution < -0.4 is 10.3 Å². The summed E-state index contributed by atoms with van der Waals surface area (Å²) in [6, 6.07) is 1.62. The molecule has 0 unspecified atom stereocenters. The Morgan fingerprint density at radius 2 is 2.38 bits per heavy atom. The molecule has 0 radical (unpaired) electrons. The topological polar surface area (TPSA) is 53.4 Å². The predicted octanol–water partition coefficient (Wildman–Crippen LogP) is 0.997. The maximum Gasteiger partial charge on any atom is 0.302 e. The van der Waals surface area contributed by atoms with Crippen LogP contribution in [0.3, 0.4) is 0 Å². The van der Waals surface area contributed by atoms with Crippen LogP contribution in [0.15, 0.2) is 17.1 Å². The van der Waals surface area contributed by atoms with Crippen LogP contribution in [0.5, 0.6) is 6.01 Å². The van der Waals surface area contributed by atoms with Gasteiger partial charge < -0.3 is 9.47 Å². The molecule has 0 spiro atoms. The van der Waals surface area contributed by atoms with Gasteiger partial charge in [0.2, 0.25) is 0 Å². The fraction of sp³-hybridized carbons (Fsp3) is 0.556. The molecule has 5 nitrogen and oxygen atoms in total. The van der Waals surface area contributed by atoms with Crippen LogP contribution in [0.2, 0.25) is 0 Å². The lowest BCUT2D eigenvalue weighted by Crippen LogP contribution is -2.24. The van der Waals surface area contributed by atoms with Gasteiger partial charge in [-0.1, -0.05) is 0 Å². The molecule has 88 valence electrons. The van der Waals surface area contributed by atoms with E-state index in [1.165, 1.54) is 6.07 Å². The van der Waals surface area contributed by atoms with E-state index in [-0.39, 0.29) is 23.9 Å². The molecule has 1 aromatic rings. The molecule has 0 aromatic carbocycles. The summed E-state index contributed by atoms with van der Waals surface area (Å²) in [5.74, 6) is 0.617. The lowest BCUT2D eigenvalue weighted by molar-refractivity contribution is -0.0334. The number of rotatable bonds is 4. The van der Waals surface area contributed by atoms with E-state index >= 15 is 0 Å². The van der Waals surface area contributed by atoms with Crippen LogP contribution in [0.1, 0.15) is 6.23 Å². The number of nitrogens with zero attached hydrogens (tertiary/aromatic N) is 2. The van der Waals surface area contributed by atoms with Gasteiger partial charge in [0.1, 0.15) is 6.61 Å². The van der Waals surface area contributed by atoms with Gasteiger partial charge in [-0.15, -0.1) is 23.2 Å². The third-order valence-electron chi connectivity index (χ3n) is 2.16. The highest BCUT2D eigenvalue weighted by Gasteiger charge is 2.26. The highest BCUT2D eigenvalue weighted by molar-refractivity contribution is 6.21. The lowest BCUT2D eigenvalue weighted by Gasteiger charge is -2.18. The van der Waals surface area contributed by atoms with Crippen molar-refractivity contribution >= 4 is 23.2 Å². The number of alkyl halides is 2. The maximum absolute atomic E-state index is 11.0. The first-order valence-corrected chi connectivity index (χ1v) is 5.81. The first kappa shape index (κ1) is 11.7. The van der Waals surface area contributed by atoms with Crippen molar-refractivity contribution in [2.24, 2.45) is 0 Å². The zero-order valence-corrected chi connectivity index (χ0v) is 9.82. The molecule has 2 heterocycles. The molecule has 0 fully saturated rings. The van der Waals surface area contributed by atoms with E-state index in [1.54, 1.807) is 10.8 Å². The average Bonchev–Trinajstić information content (AvgIpc) is 2.68. The Morgan fingerprint density at radius 3 is 3.06 bits per heavy atom. The van der Waals surface area contributed by atoms with Crippen LogP contribution in [0, 0.1) is 0 Å². The van der Waals surface area contributed by atoms with Gasteiger partial charge in [0.15, 0.2) is 6.23 Å². The second-order valence-electron chi connectivity index (χ2n) is 3.29.